The van der Waals surface area contributed by atoms with Crippen LogP contribution in [0.25, 0.3) is 0 Å². The van der Waals surface area contributed by atoms with Gasteiger partial charge in [-0.25, -0.2) is 0 Å². The Kier molecular flexibility index (Phi) is 4.00. The Balaban J connectivity index is 1.70. The lowest BCUT2D eigenvalue weighted by molar-refractivity contribution is 0.0767. The van der Waals surface area contributed by atoms with Crippen molar-refractivity contribution >= 4 is 28.7 Å². The first kappa shape index (κ1) is 13.6. The lowest BCUT2D eigenvalue weighted by Gasteiger charge is -2.38. The number of carbonyl (C=O) groups is 1. The molecule has 3 heteroatoms. The van der Waals surface area contributed by atoms with E-state index in [1.165, 1.54) is 43.4 Å². The molecule has 0 saturated heterocycles. The predicted molar refractivity (Wildman–Crippen MR) is 81.2 cm³/mol. The summed E-state index contributed by atoms with van der Waals surface area (Å²) in [5, 5.41) is 0. The monoisotopic (exact) mass is 296 g/mol. The molecule has 0 bridgehead atoms. The Labute approximate surface area is 124 Å². The Bertz CT molecular complexity index is 460. The average molecular weight is 297 g/mol. The molecule has 2 aliphatic rings. The van der Waals surface area contributed by atoms with Crippen LogP contribution in [0, 0.1) is 24.7 Å². The van der Waals surface area contributed by atoms with Gasteiger partial charge in [-0.15, -0.1) is 11.3 Å². The van der Waals surface area contributed by atoms with Crippen LogP contribution in [0.2, 0.25) is 4.34 Å². The van der Waals surface area contributed by atoms with Crippen molar-refractivity contribution < 1.29 is 4.79 Å². The van der Waals surface area contributed by atoms with E-state index < -0.39 is 0 Å². The summed E-state index contributed by atoms with van der Waals surface area (Å²) >= 11 is 7.55. The van der Waals surface area contributed by atoms with Gasteiger partial charge in [0, 0.05) is 5.92 Å². The van der Waals surface area contributed by atoms with Crippen LogP contribution in [0.1, 0.15) is 60.2 Å². The summed E-state index contributed by atoms with van der Waals surface area (Å²) in [4.78, 5) is 13.5. The maximum atomic E-state index is 12.6. The lowest BCUT2D eigenvalue weighted by Crippen LogP contribution is -2.31. The van der Waals surface area contributed by atoms with Gasteiger partial charge in [0.25, 0.3) is 0 Å². The minimum absolute atomic E-state index is 0.258. The number of carbonyl (C=O) groups excluding carboxylic acids is 1. The van der Waals surface area contributed by atoms with Crippen molar-refractivity contribution in [2.75, 3.05) is 0 Å². The molecular formula is C16H21ClOS. The van der Waals surface area contributed by atoms with Gasteiger partial charge in [0.2, 0.25) is 0 Å². The number of Topliss-reactive ketones (excluding diaryl/α,β-unsaturated/α-hetero) is 1. The van der Waals surface area contributed by atoms with Crippen molar-refractivity contribution in [3.63, 3.8) is 0 Å². The van der Waals surface area contributed by atoms with Gasteiger partial charge in [-0.1, -0.05) is 37.3 Å². The molecule has 0 N–H and O–H groups in total. The van der Waals surface area contributed by atoms with Crippen LogP contribution in [-0.4, -0.2) is 5.78 Å². The average Bonchev–Trinajstić information content (AvgIpc) is 2.77. The first-order chi connectivity index (χ1) is 9.15. The summed E-state index contributed by atoms with van der Waals surface area (Å²) < 4.78 is 0.773. The number of hydrogen-bond acceptors (Lipinski definition) is 2. The van der Waals surface area contributed by atoms with Gasteiger partial charge in [0.1, 0.15) is 0 Å². The molecule has 2 aliphatic carbocycles. The summed E-state index contributed by atoms with van der Waals surface area (Å²) in [6, 6.07) is 1.97. The summed E-state index contributed by atoms with van der Waals surface area (Å²) in [5.41, 5.74) is 1.04. The fraction of sp³-hybridized carbons (Fsp3) is 0.688. The van der Waals surface area contributed by atoms with E-state index in [-0.39, 0.29) is 5.92 Å². The number of hydrogen-bond donors (Lipinski definition) is 0. The highest BCUT2D eigenvalue weighted by atomic mass is 35.5. The van der Waals surface area contributed by atoms with E-state index in [9.17, 15) is 4.79 Å². The minimum atomic E-state index is 0.258. The first-order valence-corrected chi connectivity index (χ1v) is 8.64. The third-order valence-electron chi connectivity index (χ3n) is 5.01. The summed E-state index contributed by atoms with van der Waals surface area (Å²) in [6.07, 6.45) is 8.99. The quantitative estimate of drug-likeness (QED) is 0.659. The second-order valence-corrected chi connectivity index (χ2v) is 7.90. The second-order valence-electron chi connectivity index (χ2n) is 6.25. The normalized spacial score (nSPS) is 30.9. The number of ketones is 1. The zero-order valence-electron chi connectivity index (χ0n) is 11.5. The van der Waals surface area contributed by atoms with Crippen molar-refractivity contribution in [1.82, 2.24) is 0 Å². The number of thiophene rings is 1. The van der Waals surface area contributed by atoms with Crippen LogP contribution in [0.3, 0.4) is 0 Å². The van der Waals surface area contributed by atoms with Crippen molar-refractivity contribution in [1.29, 1.82) is 0 Å². The smallest absolute Gasteiger partial charge is 0.175 e. The van der Waals surface area contributed by atoms with Crippen molar-refractivity contribution in [3.05, 3.63) is 20.8 Å². The molecule has 0 aromatic carbocycles. The fourth-order valence-electron chi connectivity index (χ4n) is 3.89. The van der Waals surface area contributed by atoms with E-state index in [0.717, 1.165) is 39.5 Å². The van der Waals surface area contributed by atoms with E-state index in [1.54, 1.807) is 0 Å². The molecular weight excluding hydrogens is 276 g/mol. The molecule has 104 valence electrons. The molecule has 0 spiro atoms. The van der Waals surface area contributed by atoms with E-state index in [2.05, 4.69) is 0 Å². The third-order valence-corrected chi connectivity index (χ3v) is 6.58. The molecule has 2 fully saturated rings. The van der Waals surface area contributed by atoms with Gasteiger partial charge in [-0.3, -0.25) is 4.79 Å². The number of fused-ring (bicyclic) bond motifs is 1. The molecule has 19 heavy (non-hydrogen) atoms. The van der Waals surface area contributed by atoms with Crippen molar-refractivity contribution in [2.24, 2.45) is 17.8 Å². The topological polar surface area (TPSA) is 17.1 Å². The van der Waals surface area contributed by atoms with Crippen molar-refractivity contribution in [3.8, 4) is 0 Å². The highest BCUT2D eigenvalue weighted by molar-refractivity contribution is 7.18. The molecule has 1 aromatic rings. The number of rotatable bonds is 2. The SMILES string of the molecule is Cc1cc(C(=O)C2CCC3CCCCC3C2)sc1Cl. The molecule has 1 aromatic heterocycles. The van der Waals surface area contributed by atoms with Gasteiger partial charge < -0.3 is 0 Å². The number of halogens is 1. The highest BCUT2D eigenvalue weighted by Gasteiger charge is 2.35. The molecule has 0 amide bonds. The van der Waals surface area contributed by atoms with Crippen LogP contribution in [-0.2, 0) is 0 Å². The van der Waals surface area contributed by atoms with Crippen molar-refractivity contribution in [2.45, 2.75) is 51.9 Å². The Hall–Kier alpha value is -0.340. The van der Waals surface area contributed by atoms with E-state index in [0.29, 0.717) is 5.78 Å². The third kappa shape index (κ3) is 2.75. The van der Waals surface area contributed by atoms with E-state index in [4.69, 9.17) is 11.6 Å². The molecule has 0 aliphatic heterocycles. The molecule has 3 rings (SSSR count). The molecule has 0 radical (unpaired) electrons. The maximum Gasteiger partial charge on any atom is 0.175 e. The van der Waals surface area contributed by atoms with Gasteiger partial charge >= 0.3 is 0 Å². The van der Waals surface area contributed by atoms with Crippen LogP contribution < -0.4 is 0 Å². The highest BCUT2D eigenvalue weighted by Crippen LogP contribution is 2.44. The molecule has 3 atom stereocenters. The van der Waals surface area contributed by atoms with Crippen LogP contribution in [0.4, 0.5) is 0 Å². The Morgan fingerprint density at radius 1 is 1.21 bits per heavy atom. The minimum Gasteiger partial charge on any atom is -0.293 e. The Morgan fingerprint density at radius 3 is 2.63 bits per heavy atom. The lowest BCUT2D eigenvalue weighted by atomic mass is 9.66. The molecule has 3 unspecified atom stereocenters. The summed E-state index contributed by atoms with van der Waals surface area (Å²) in [7, 11) is 0. The van der Waals surface area contributed by atoms with Gasteiger partial charge in [0.15, 0.2) is 5.78 Å². The first-order valence-electron chi connectivity index (χ1n) is 7.45. The maximum absolute atomic E-state index is 12.6. The predicted octanol–water partition coefficient (Wildman–Crippen LogP) is 5.50. The van der Waals surface area contributed by atoms with Gasteiger partial charge in [-0.05, 0) is 49.7 Å². The van der Waals surface area contributed by atoms with Gasteiger partial charge in [-0.2, -0.15) is 0 Å². The Morgan fingerprint density at radius 2 is 1.95 bits per heavy atom. The van der Waals surface area contributed by atoms with Gasteiger partial charge in [0.05, 0.1) is 9.21 Å². The zero-order valence-corrected chi connectivity index (χ0v) is 13.0. The van der Waals surface area contributed by atoms with Crippen LogP contribution in [0.15, 0.2) is 6.07 Å². The second kappa shape index (κ2) is 5.57. The molecule has 1 heterocycles. The zero-order chi connectivity index (χ0) is 13.4. The van der Waals surface area contributed by atoms with Crippen LogP contribution >= 0.6 is 22.9 Å². The fourth-order valence-corrected chi connectivity index (χ4v) is 5.11. The molecule has 2 saturated carbocycles. The number of aryl methyl sites for hydroxylation is 1. The van der Waals surface area contributed by atoms with E-state index in [1.807, 2.05) is 13.0 Å². The van der Waals surface area contributed by atoms with Crippen LogP contribution in [0.5, 0.6) is 0 Å². The molecule has 1 nitrogen and oxygen atoms in total. The summed E-state index contributed by atoms with van der Waals surface area (Å²) in [6.45, 7) is 1.98. The largest absolute Gasteiger partial charge is 0.293 e. The summed E-state index contributed by atoms with van der Waals surface area (Å²) in [5.74, 6) is 2.33. The van der Waals surface area contributed by atoms with E-state index >= 15 is 0 Å². The standard InChI is InChI=1S/C16H21ClOS/c1-10-8-14(19-16(10)17)15(18)13-7-6-11-4-2-3-5-12(11)9-13/h8,11-13H,2-7,9H2,1H3.